The molecule has 1 saturated carbocycles. The van der Waals surface area contributed by atoms with E-state index in [1.54, 1.807) is 0 Å². The molecule has 0 heterocycles. The van der Waals surface area contributed by atoms with Crippen LogP contribution in [0.4, 0.5) is 0 Å². The molecule has 60 valence electrons. The molecule has 0 aromatic heterocycles. The molecule has 10 heavy (non-hydrogen) atoms. The lowest BCUT2D eigenvalue weighted by molar-refractivity contribution is 0.179. The second-order valence-corrected chi connectivity index (χ2v) is 3.53. The van der Waals surface area contributed by atoms with E-state index in [1.807, 2.05) is 0 Å². The van der Waals surface area contributed by atoms with Gasteiger partial charge in [0.1, 0.15) is 0 Å². The molecule has 1 N–H and O–H groups in total. The predicted octanol–water partition coefficient (Wildman–Crippen LogP) is 2.34. The third-order valence-corrected chi connectivity index (χ3v) is 3.06. The van der Waals surface area contributed by atoms with Gasteiger partial charge in [0, 0.05) is 6.61 Å². The number of rotatable bonds is 3. The molecule has 1 aliphatic rings. The molecule has 0 unspecified atom stereocenters. The van der Waals surface area contributed by atoms with Crippen LogP contribution in [0.1, 0.15) is 45.4 Å². The van der Waals surface area contributed by atoms with Crippen LogP contribution in [-0.4, -0.2) is 11.7 Å². The first-order valence-electron chi connectivity index (χ1n) is 4.44. The molecule has 1 heteroatoms. The molecular weight excluding hydrogens is 124 g/mol. The third kappa shape index (κ3) is 1.51. The zero-order chi connectivity index (χ0) is 7.45. The molecule has 1 aliphatic carbocycles. The minimum atomic E-state index is 0.383. The maximum absolute atomic E-state index is 8.82. The lowest BCUT2D eigenvalue weighted by Crippen LogP contribution is -2.16. The van der Waals surface area contributed by atoms with Crippen LogP contribution >= 0.6 is 0 Å². The Balaban J connectivity index is 2.41. The largest absolute Gasteiger partial charge is 0.396 e. The smallest absolute Gasteiger partial charge is 0.0436 e. The van der Waals surface area contributed by atoms with Crippen LogP contribution in [0.25, 0.3) is 0 Å². The van der Waals surface area contributed by atoms with Crippen molar-refractivity contribution in [2.24, 2.45) is 5.41 Å². The molecule has 0 saturated heterocycles. The van der Waals surface area contributed by atoms with Gasteiger partial charge >= 0.3 is 0 Å². The lowest BCUT2D eigenvalue weighted by Gasteiger charge is -2.25. The van der Waals surface area contributed by atoms with Crippen LogP contribution < -0.4 is 0 Å². The molecule has 0 spiro atoms. The summed E-state index contributed by atoms with van der Waals surface area (Å²) in [6, 6.07) is 0. The molecule has 0 bridgehead atoms. The monoisotopic (exact) mass is 142 g/mol. The normalized spacial score (nSPS) is 23.4. The fourth-order valence-corrected chi connectivity index (χ4v) is 2.14. The molecule has 1 nitrogen and oxygen atoms in total. The van der Waals surface area contributed by atoms with Gasteiger partial charge in [-0.05, 0) is 24.7 Å². The van der Waals surface area contributed by atoms with E-state index < -0.39 is 0 Å². The van der Waals surface area contributed by atoms with Gasteiger partial charge in [-0.15, -0.1) is 0 Å². The first kappa shape index (κ1) is 8.06. The first-order valence-corrected chi connectivity index (χ1v) is 4.44. The van der Waals surface area contributed by atoms with E-state index in [2.05, 4.69) is 6.92 Å². The van der Waals surface area contributed by atoms with Crippen LogP contribution in [0, 0.1) is 5.41 Å². The van der Waals surface area contributed by atoms with Crippen LogP contribution in [0.15, 0.2) is 0 Å². The summed E-state index contributed by atoms with van der Waals surface area (Å²) < 4.78 is 0. The average Bonchev–Trinajstić information content (AvgIpc) is 2.39. The van der Waals surface area contributed by atoms with E-state index in [4.69, 9.17) is 5.11 Å². The quantitative estimate of drug-likeness (QED) is 0.641. The topological polar surface area (TPSA) is 20.2 Å². The zero-order valence-corrected chi connectivity index (χ0v) is 6.90. The van der Waals surface area contributed by atoms with E-state index in [0.717, 1.165) is 6.42 Å². The van der Waals surface area contributed by atoms with Crippen molar-refractivity contribution in [3.63, 3.8) is 0 Å². The van der Waals surface area contributed by atoms with Crippen molar-refractivity contribution >= 4 is 0 Å². The van der Waals surface area contributed by atoms with E-state index >= 15 is 0 Å². The Bertz CT molecular complexity index is 92.9. The Kier molecular flexibility index (Phi) is 2.72. The molecule has 0 radical (unpaired) electrons. The van der Waals surface area contributed by atoms with Crippen molar-refractivity contribution < 1.29 is 5.11 Å². The van der Waals surface area contributed by atoms with Crippen molar-refractivity contribution in [3.05, 3.63) is 0 Å². The second kappa shape index (κ2) is 3.38. The fraction of sp³-hybridized carbons (Fsp3) is 1.00. The van der Waals surface area contributed by atoms with Gasteiger partial charge in [0.05, 0.1) is 0 Å². The standard InChI is InChI=1S/C9H18O/c1-2-9(7-8-10)5-3-4-6-9/h10H,2-8H2,1H3. The zero-order valence-electron chi connectivity index (χ0n) is 6.90. The van der Waals surface area contributed by atoms with E-state index in [-0.39, 0.29) is 0 Å². The predicted molar refractivity (Wildman–Crippen MR) is 42.9 cm³/mol. The summed E-state index contributed by atoms with van der Waals surface area (Å²) in [6.07, 6.45) is 7.76. The highest BCUT2D eigenvalue weighted by Gasteiger charge is 2.30. The Hall–Kier alpha value is -0.0400. The number of hydrogen-bond acceptors (Lipinski definition) is 1. The van der Waals surface area contributed by atoms with Gasteiger partial charge in [-0.25, -0.2) is 0 Å². The van der Waals surface area contributed by atoms with Crippen molar-refractivity contribution in [2.75, 3.05) is 6.61 Å². The summed E-state index contributed by atoms with van der Waals surface area (Å²) in [5.74, 6) is 0. The highest BCUT2D eigenvalue weighted by atomic mass is 16.3. The van der Waals surface area contributed by atoms with Gasteiger partial charge in [0.15, 0.2) is 0 Å². The molecule has 0 aliphatic heterocycles. The number of hydrogen-bond donors (Lipinski definition) is 1. The Labute approximate surface area is 63.4 Å². The third-order valence-electron chi connectivity index (χ3n) is 3.06. The minimum Gasteiger partial charge on any atom is -0.396 e. The average molecular weight is 142 g/mol. The summed E-state index contributed by atoms with van der Waals surface area (Å²) in [5, 5.41) is 8.82. The summed E-state index contributed by atoms with van der Waals surface area (Å²) in [5.41, 5.74) is 0.536. The maximum atomic E-state index is 8.82. The molecule has 0 aromatic rings. The maximum Gasteiger partial charge on any atom is 0.0436 e. The Morgan fingerprint density at radius 1 is 1.30 bits per heavy atom. The molecule has 0 amide bonds. The molecular formula is C9H18O. The Morgan fingerprint density at radius 2 is 1.90 bits per heavy atom. The highest BCUT2D eigenvalue weighted by Crippen LogP contribution is 2.43. The summed E-state index contributed by atoms with van der Waals surface area (Å²) in [6.45, 7) is 2.63. The van der Waals surface area contributed by atoms with Gasteiger partial charge in [-0.3, -0.25) is 0 Å². The highest BCUT2D eigenvalue weighted by molar-refractivity contribution is 4.82. The summed E-state index contributed by atoms with van der Waals surface area (Å²) >= 11 is 0. The van der Waals surface area contributed by atoms with Gasteiger partial charge < -0.3 is 5.11 Å². The molecule has 1 fully saturated rings. The molecule has 1 rings (SSSR count). The SMILES string of the molecule is CCC1(CCO)CCCC1. The van der Waals surface area contributed by atoms with Crippen LogP contribution in [-0.2, 0) is 0 Å². The van der Waals surface area contributed by atoms with E-state index in [0.29, 0.717) is 12.0 Å². The summed E-state index contributed by atoms with van der Waals surface area (Å²) in [7, 11) is 0. The Morgan fingerprint density at radius 3 is 2.30 bits per heavy atom. The van der Waals surface area contributed by atoms with Crippen LogP contribution in [0.5, 0.6) is 0 Å². The van der Waals surface area contributed by atoms with Gasteiger partial charge in [-0.1, -0.05) is 26.2 Å². The van der Waals surface area contributed by atoms with Gasteiger partial charge in [0.2, 0.25) is 0 Å². The van der Waals surface area contributed by atoms with E-state index in [9.17, 15) is 0 Å². The van der Waals surface area contributed by atoms with Crippen molar-refractivity contribution in [1.29, 1.82) is 0 Å². The molecule has 0 atom stereocenters. The summed E-state index contributed by atoms with van der Waals surface area (Å²) in [4.78, 5) is 0. The molecule has 0 aromatic carbocycles. The van der Waals surface area contributed by atoms with E-state index in [1.165, 1.54) is 32.1 Å². The van der Waals surface area contributed by atoms with Crippen molar-refractivity contribution in [2.45, 2.75) is 45.4 Å². The van der Waals surface area contributed by atoms with Crippen LogP contribution in [0.3, 0.4) is 0 Å². The second-order valence-electron chi connectivity index (χ2n) is 3.53. The minimum absolute atomic E-state index is 0.383. The van der Waals surface area contributed by atoms with Gasteiger partial charge in [-0.2, -0.15) is 0 Å². The van der Waals surface area contributed by atoms with Crippen LogP contribution in [0.2, 0.25) is 0 Å². The van der Waals surface area contributed by atoms with Crippen molar-refractivity contribution in [1.82, 2.24) is 0 Å². The fourth-order valence-electron chi connectivity index (χ4n) is 2.14. The lowest BCUT2D eigenvalue weighted by atomic mass is 9.81. The first-order chi connectivity index (χ1) is 4.83. The number of aliphatic hydroxyl groups is 1. The van der Waals surface area contributed by atoms with Gasteiger partial charge in [0.25, 0.3) is 0 Å². The number of aliphatic hydroxyl groups excluding tert-OH is 1. The van der Waals surface area contributed by atoms with Crippen molar-refractivity contribution in [3.8, 4) is 0 Å².